The molecule has 0 aliphatic carbocycles. The van der Waals surface area contributed by atoms with Crippen LogP contribution >= 0.6 is 0 Å². The summed E-state index contributed by atoms with van der Waals surface area (Å²) in [6.07, 6.45) is 0. The van der Waals surface area contributed by atoms with Crippen LogP contribution in [0.5, 0.6) is 0 Å². The highest BCUT2D eigenvalue weighted by Crippen LogP contribution is 2.14. The molecule has 0 heterocycles. The predicted molar refractivity (Wildman–Crippen MR) is 65.8 cm³/mol. The Morgan fingerprint density at radius 1 is 1.22 bits per heavy atom. The summed E-state index contributed by atoms with van der Waals surface area (Å²) < 4.78 is 25.1. The lowest BCUT2D eigenvalue weighted by Crippen LogP contribution is -2.39. The zero-order valence-electron chi connectivity index (χ0n) is 10.4. The van der Waals surface area contributed by atoms with E-state index in [0.717, 1.165) is 9.87 Å². The number of hydrogen-bond donors (Lipinski definition) is 0. The number of aryl methyl sites for hydroxylation is 1. The summed E-state index contributed by atoms with van der Waals surface area (Å²) in [5.41, 5.74) is 0.944. The highest BCUT2D eigenvalue weighted by Gasteiger charge is 2.24. The molecule has 0 amide bonds. The maximum Gasteiger partial charge on any atom is 0.244 e. The van der Waals surface area contributed by atoms with Crippen molar-refractivity contribution in [1.29, 1.82) is 0 Å². The lowest BCUT2D eigenvalue weighted by atomic mass is 10.2. The van der Waals surface area contributed by atoms with E-state index in [9.17, 15) is 18.5 Å². The van der Waals surface area contributed by atoms with E-state index < -0.39 is 15.1 Å². The fourth-order valence-electron chi connectivity index (χ4n) is 1.31. The van der Waals surface area contributed by atoms with Gasteiger partial charge in [-0.3, -0.25) is 0 Å². The van der Waals surface area contributed by atoms with Gasteiger partial charge in [0.2, 0.25) is 10.0 Å². The molecule has 0 spiro atoms. The summed E-state index contributed by atoms with van der Waals surface area (Å²) in [6.45, 7) is 1.53. The first-order valence-electron chi connectivity index (χ1n) is 5.13. The van der Waals surface area contributed by atoms with Crippen LogP contribution in [0.15, 0.2) is 29.2 Å². The van der Waals surface area contributed by atoms with Crippen LogP contribution in [0.2, 0.25) is 0 Å². The van der Waals surface area contributed by atoms with Gasteiger partial charge in [0.15, 0.2) is 5.03 Å². The molecule has 100 valence electrons. The van der Waals surface area contributed by atoms with Crippen LogP contribution in [-0.4, -0.2) is 43.5 Å². The van der Waals surface area contributed by atoms with E-state index in [1.54, 1.807) is 12.1 Å². The Morgan fingerprint density at radius 2 is 1.72 bits per heavy atom. The maximum absolute atomic E-state index is 12.1. The quantitative estimate of drug-likeness (QED) is 0.448. The summed E-state index contributed by atoms with van der Waals surface area (Å²) in [4.78, 5) is 10.6. The molecule has 0 aliphatic rings. The van der Waals surface area contributed by atoms with Gasteiger partial charge in [0.1, 0.15) is 6.67 Å². The van der Waals surface area contributed by atoms with E-state index in [-0.39, 0.29) is 11.6 Å². The van der Waals surface area contributed by atoms with Crippen LogP contribution in [0.25, 0.3) is 0 Å². The number of hydrogen-bond acceptors (Lipinski definition) is 4. The van der Waals surface area contributed by atoms with Crippen LogP contribution in [0.4, 0.5) is 0 Å². The van der Waals surface area contributed by atoms with Crippen molar-refractivity contribution in [3.63, 3.8) is 0 Å². The van der Waals surface area contributed by atoms with Crippen LogP contribution in [0, 0.1) is 17.0 Å². The fourth-order valence-corrected chi connectivity index (χ4v) is 2.47. The summed E-state index contributed by atoms with van der Waals surface area (Å²) in [7, 11) is -1.19. The van der Waals surface area contributed by atoms with Crippen LogP contribution in [0.3, 0.4) is 0 Å². The van der Waals surface area contributed by atoms with E-state index in [1.165, 1.54) is 26.2 Å². The van der Waals surface area contributed by atoms with E-state index in [1.807, 2.05) is 6.92 Å². The minimum absolute atomic E-state index is 0.118. The highest BCUT2D eigenvalue weighted by molar-refractivity contribution is 7.89. The summed E-state index contributed by atoms with van der Waals surface area (Å²) >= 11 is 0. The highest BCUT2D eigenvalue weighted by atomic mass is 32.2. The second-order valence-corrected chi connectivity index (χ2v) is 6.00. The minimum Gasteiger partial charge on any atom is -0.235 e. The van der Waals surface area contributed by atoms with E-state index in [0.29, 0.717) is 5.01 Å². The van der Waals surface area contributed by atoms with E-state index in [2.05, 4.69) is 0 Å². The third kappa shape index (κ3) is 3.17. The molecular formula is C10H15N3O4S. The normalized spacial score (nSPS) is 11.6. The second-order valence-electron chi connectivity index (χ2n) is 3.95. The Labute approximate surface area is 106 Å². The largest absolute Gasteiger partial charge is 0.244 e. The molecule has 7 nitrogen and oxygen atoms in total. The monoisotopic (exact) mass is 273 g/mol. The molecule has 1 rings (SSSR count). The molecule has 0 atom stereocenters. The Balaban J connectivity index is 2.93. The van der Waals surface area contributed by atoms with Crippen molar-refractivity contribution in [2.45, 2.75) is 11.8 Å². The molecule has 1 aromatic rings. The zero-order chi connectivity index (χ0) is 13.9. The molecule has 0 radical (unpaired) electrons. The summed E-state index contributed by atoms with van der Waals surface area (Å²) in [5.74, 6) is 0. The fraction of sp³-hybridized carbons (Fsp3) is 0.400. The molecule has 0 fully saturated rings. The van der Waals surface area contributed by atoms with Gasteiger partial charge in [-0.05, 0) is 19.1 Å². The number of nitro groups is 1. The number of sulfonamides is 1. The summed E-state index contributed by atoms with van der Waals surface area (Å²) in [5, 5.41) is 10.5. The average molecular weight is 273 g/mol. The van der Waals surface area contributed by atoms with Crippen molar-refractivity contribution in [3.8, 4) is 0 Å². The van der Waals surface area contributed by atoms with E-state index >= 15 is 0 Å². The van der Waals surface area contributed by atoms with Crippen molar-refractivity contribution in [2.24, 2.45) is 0 Å². The van der Waals surface area contributed by atoms with Gasteiger partial charge in [-0.15, -0.1) is 5.01 Å². The van der Waals surface area contributed by atoms with Gasteiger partial charge in [0.05, 0.1) is 11.9 Å². The molecule has 0 saturated heterocycles. The Kier molecular flexibility index (Phi) is 4.25. The Hall–Kier alpha value is -1.67. The topological polar surface area (TPSA) is 83.8 Å². The molecular weight excluding hydrogens is 258 g/mol. The van der Waals surface area contributed by atoms with Gasteiger partial charge in [-0.1, -0.05) is 17.7 Å². The van der Waals surface area contributed by atoms with Crippen LogP contribution in [0.1, 0.15) is 5.56 Å². The van der Waals surface area contributed by atoms with Crippen molar-refractivity contribution < 1.29 is 13.5 Å². The van der Waals surface area contributed by atoms with Crippen molar-refractivity contribution in [3.05, 3.63) is 39.9 Å². The van der Waals surface area contributed by atoms with Gasteiger partial charge >= 0.3 is 0 Å². The first-order chi connectivity index (χ1) is 8.25. The van der Waals surface area contributed by atoms with Gasteiger partial charge in [-0.2, -0.15) is 4.31 Å². The van der Waals surface area contributed by atoms with Gasteiger partial charge in [0, 0.05) is 7.05 Å². The third-order valence-electron chi connectivity index (χ3n) is 2.41. The molecule has 0 bridgehead atoms. The summed E-state index contributed by atoms with van der Waals surface area (Å²) in [6, 6.07) is 6.32. The molecule has 0 unspecified atom stereocenters. The lowest BCUT2D eigenvalue weighted by molar-refractivity contribution is -0.651. The maximum atomic E-state index is 12.1. The zero-order valence-corrected chi connectivity index (χ0v) is 11.2. The van der Waals surface area contributed by atoms with Crippen LogP contribution < -0.4 is 0 Å². The first kappa shape index (κ1) is 14.4. The second kappa shape index (κ2) is 5.32. The SMILES string of the molecule is Cc1ccc(S(=O)(=O)N(C)CN(C)[N+](=O)[O-])cc1. The molecule has 0 aliphatic heterocycles. The van der Waals surface area contributed by atoms with E-state index in [4.69, 9.17) is 0 Å². The van der Waals surface area contributed by atoms with Gasteiger partial charge in [-0.25, -0.2) is 18.5 Å². The number of hydrazine groups is 1. The number of rotatable bonds is 5. The third-order valence-corrected chi connectivity index (χ3v) is 4.22. The van der Waals surface area contributed by atoms with Gasteiger partial charge in [0.25, 0.3) is 0 Å². The molecule has 1 aromatic carbocycles. The Morgan fingerprint density at radius 3 is 2.17 bits per heavy atom. The molecule has 18 heavy (non-hydrogen) atoms. The molecule has 0 aromatic heterocycles. The van der Waals surface area contributed by atoms with Crippen LogP contribution in [-0.2, 0) is 10.0 Å². The molecule has 8 heteroatoms. The smallest absolute Gasteiger partial charge is 0.235 e. The minimum atomic E-state index is -3.70. The predicted octanol–water partition coefficient (Wildman–Crippen LogP) is 0.697. The molecule has 0 saturated carbocycles. The lowest BCUT2D eigenvalue weighted by Gasteiger charge is -2.19. The average Bonchev–Trinajstić information content (AvgIpc) is 2.29. The Bertz CT molecular complexity index is 527. The van der Waals surface area contributed by atoms with Crippen molar-refractivity contribution in [2.75, 3.05) is 20.8 Å². The van der Waals surface area contributed by atoms with Crippen molar-refractivity contribution in [1.82, 2.24) is 9.31 Å². The molecule has 0 N–H and O–H groups in total. The number of nitrogens with zero attached hydrogens (tertiary/aromatic N) is 3. The number of benzene rings is 1. The first-order valence-corrected chi connectivity index (χ1v) is 6.57. The standard InChI is InChI=1S/C10H15N3O4S/c1-9-4-6-10(7-5-9)18(16,17)12(3)8-11(2)13(14)15/h4-7H,8H2,1-3H3. The van der Waals surface area contributed by atoms with Gasteiger partial charge < -0.3 is 0 Å². The van der Waals surface area contributed by atoms with Crippen molar-refractivity contribution >= 4 is 10.0 Å².